The number of hydrogen-bond donors (Lipinski definition) is 2. The third-order valence-electron chi connectivity index (χ3n) is 2.03. The number of nitrogens with one attached hydrogen (secondary N) is 1. The summed E-state index contributed by atoms with van der Waals surface area (Å²) < 4.78 is 6.05. The van der Waals surface area contributed by atoms with Crippen LogP contribution in [0, 0.1) is 0 Å². The molecule has 0 aliphatic heterocycles. The van der Waals surface area contributed by atoms with Gasteiger partial charge in [-0.05, 0) is 13.8 Å². The average molecular weight is 256 g/mol. The van der Waals surface area contributed by atoms with Crippen molar-refractivity contribution in [3.63, 3.8) is 0 Å². The van der Waals surface area contributed by atoms with Gasteiger partial charge in [0.2, 0.25) is 0 Å². The van der Waals surface area contributed by atoms with Crippen LogP contribution in [0.3, 0.4) is 0 Å². The molecule has 8 heteroatoms. The zero-order valence-electron chi connectivity index (χ0n) is 10.5. The maximum Gasteiger partial charge on any atom is 0.325 e. The van der Waals surface area contributed by atoms with Gasteiger partial charge >= 0.3 is 5.97 Å². The second-order valence-corrected chi connectivity index (χ2v) is 4.47. The molecule has 0 atom stereocenters. The molecule has 8 nitrogen and oxygen atoms in total. The third-order valence-corrected chi connectivity index (χ3v) is 2.03. The van der Waals surface area contributed by atoms with Crippen LogP contribution in [0.5, 0.6) is 0 Å². The SMILES string of the molecule is COCC(C)(C)NC(=O)c1cn(CC(=O)O)nn1. The van der Waals surface area contributed by atoms with Crippen LogP contribution < -0.4 is 5.32 Å². The molecule has 0 saturated carbocycles. The van der Waals surface area contributed by atoms with Gasteiger partial charge in [-0.25, -0.2) is 4.68 Å². The predicted octanol–water partition coefficient (Wildman–Crippen LogP) is -0.482. The number of methoxy groups -OCH3 is 1. The fourth-order valence-electron chi connectivity index (χ4n) is 1.39. The van der Waals surface area contributed by atoms with Crippen molar-refractivity contribution in [2.24, 2.45) is 0 Å². The second-order valence-electron chi connectivity index (χ2n) is 4.47. The molecule has 0 unspecified atom stereocenters. The summed E-state index contributed by atoms with van der Waals surface area (Å²) in [5.41, 5.74) is -0.469. The topological polar surface area (TPSA) is 106 Å². The molecule has 0 saturated heterocycles. The second kappa shape index (κ2) is 5.58. The first kappa shape index (κ1) is 14.1. The van der Waals surface area contributed by atoms with Crippen LogP contribution in [0.15, 0.2) is 6.20 Å². The first-order valence-electron chi connectivity index (χ1n) is 5.27. The van der Waals surface area contributed by atoms with E-state index in [1.807, 2.05) is 0 Å². The van der Waals surface area contributed by atoms with Crippen molar-refractivity contribution in [2.75, 3.05) is 13.7 Å². The first-order chi connectivity index (χ1) is 8.34. The van der Waals surface area contributed by atoms with Gasteiger partial charge in [0.25, 0.3) is 5.91 Å². The van der Waals surface area contributed by atoms with Crippen molar-refractivity contribution in [3.05, 3.63) is 11.9 Å². The highest BCUT2D eigenvalue weighted by atomic mass is 16.5. The van der Waals surface area contributed by atoms with Gasteiger partial charge in [0, 0.05) is 7.11 Å². The maximum atomic E-state index is 11.8. The summed E-state index contributed by atoms with van der Waals surface area (Å²) in [6.45, 7) is 3.62. The van der Waals surface area contributed by atoms with Gasteiger partial charge in [-0.2, -0.15) is 0 Å². The molecule has 0 aromatic carbocycles. The van der Waals surface area contributed by atoms with Crippen molar-refractivity contribution < 1.29 is 19.4 Å². The summed E-state index contributed by atoms with van der Waals surface area (Å²) in [7, 11) is 1.54. The van der Waals surface area contributed by atoms with Crippen LogP contribution in [-0.2, 0) is 16.1 Å². The van der Waals surface area contributed by atoms with Crippen LogP contribution in [0.2, 0.25) is 0 Å². The number of nitrogens with zero attached hydrogens (tertiary/aromatic N) is 3. The number of carboxylic acid groups (broad SMARTS) is 1. The lowest BCUT2D eigenvalue weighted by atomic mass is 10.1. The van der Waals surface area contributed by atoms with E-state index in [9.17, 15) is 9.59 Å². The lowest BCUT2D eigenvalue weighted by Crippen LogP contribution is -2.46. The minimum absolute atomic E-state index is 0.0698. The molecule has 0 bridgehead atoms. The van der Waals surface area contributed by atoms with E-state index < -0.39 is 17.4 Å². The minimum Gasteiger partial charge on any atom is -0.480 e. The largest absolute Gasteiger partial charge is 0.480 e. The van der Waals surface area contributed by atoms with E-state index >= 15 is 0 Å². The molecule has 0 aliphatic carbocycles. The van der Waals surface area contributed by atoms with E-state index in [1.165, 1.54) is 13.3 Å². The number of rotatable bonds is 6. The lowest BCUT2D eigenvalue weighted by molar-refractivity contribution is -0.137. The Morgan fingerprint density at radius 3 is 2.78 bits per heavy atom. The van der Waals surface area contributed by atoms with Gasteiger partial charge in [-0.15, -0.1) is 5.10 Å². The van der Waals surface area contributed by atoms with Crippen molar-refractivity contribution in [2.45, 2.75) is 25.9 Å². The molecule has 2 N–H and O–H groups in total. The number of aromatic nitrogens is 3. The molecular formula is C10H16N4O4. The number of aliphatic carboxylic acids is 1. The van der Waals surface area contributed by atoms with Gasteiger partial charge in [0.1, 0.15) is 6.54 Å². The summed E-state index contributed by atoms with van der Waals surface area (Å²) in [4.78, 5) is 22.3. The molecule has 1 aromatic heterocycles. The summed E-state index contributed by atoms with van der Waals surface area (Å²) in [5, 5.41) is 18.4. The highest BCUT2D eigenvalue weighted by molar-refractivity contribution is 5.92. The van der Waals surface area contributed by atoms with Gasteiger partial charge in [-0.3, -0.25) is 9.59 Å². The maximum absolute atomic E-state index is 11.8. The van der Waals surface area contributed by atoms with Crippen molar-refractivity contribution in [1.29, 1.82) is 0 Å². The number of amides is 1. The fraction of sp³-hybridized carbons (Fsp3) is 0.600. The third kappa shape index (κ3) is 4.13. The van der Waals surface area contributed by atoms with Gasteiger partial charge in [0.15, 0.2) is 5.69 Å². The molecular weight excluding hydrogens is 240 g/mol. The Balaban J connectivity index is 2.67. The van der Waals surface area contributed by atoms with Gasteiger partial charge < -0.3 is 15.2 Å². The zero-order valence-corrected chi connectivity index (χ0v) is 10.5. The van der Waals surface area contributed by atoms with E-state index in [0.29, 0.717) is 6.61 Å². The average Bonchev–Trinajstić information content (AvgIpc) is 2.64. The Bertz CT molecular complexity index is 441. The van der Waals surface area contributed by atoms with Crippen LogP contribution in [0.25, 0.3) is 0 Å². The van der Waals surface area contributed by atoms with Crippen LogP contribution >= 0.6 is 0 Å². The Morgan fingerprint density at radius 2 is 2.22 bits per heavy atom. The van der Waals surface area contributed by atoms with E-state index in [2.05, 4.69) is 15.6 Å². The molecule has 0 aliphatic rings. The fourth-order valence-corrected chi connectivity index (χ4v) is 1.39. The highest BCUT2D eigenvalue weighted by Gasteiger charge is 2.22. The number of carbonyl (C=O) groups excluding carboxylic acids is 1. The van der Waals surface area contributed by atoms with Crippen LogP contribution in [0.1, 0.15) is 24.3 Å². The molecule has 1 rings (SSSR count). The number of carboxylic acids is 1. The van der Waals surface area contributed by atoms with Crippen molar-refractivity contribution >= 4 is 11.9 Å². The molecule has 1 heterocycles. The summed E-state index contributed by atoms with van der Waals surface area (Å²) in [5.74, 6) is -1.47. The number of ether oxygens (including phenoxy) is 1. The molecule has 1 amide bonds. The van der Waals surface area contributed by atoms with E-state index in [0.717, 1.165) is 4.68 Å². The molecule has 0 fully saturated rings. The van der Waals surface area contributed by atoms with Crippen molar-refractivity contribution in [1.82, 2.24) is 20.3 Å². The number of carbonyl (C=O) groups is 2. The standard InChI is InChI=1S/C10H16N4O4/c1-10(2,6-18-3)11-9(17)7-4-14(13-12-7)5-8(15)16/h4H,5-6H2,1-3H3,(H,11,17)(H,15,16). The highest BCUT2D eigenvalue weighted by Crippen LogP contribution is 2.04. The smallest absolute Gasteiger partial charge is 0.325 e. The Kier molecular flexibility index (Phi) is 4.38. The quantitative estimate of drug-likeness (QED) is 0.711. The van der Waals surface area contributed by atoms with E-state index in [1.54, 1.807) is 13.8 Å². The Hall–Kier alpha value is -1.96. The van der Waals surface area contributed by atoms with Crippen LogP contribution in [0.4, 0.5) is 0 Å². The lowest BCUT2D eigenvalue weighted by Gasteiger charge is -2.24. The Morgan fingerprint density at radius 1 is 1.56 bits per heavy atom. The molecule has 18 heavy (non-hydrogen) atoms. The first-order valence-corrected chi connectivity index (χ1v) is 5.27. The van der Waals surface area contributed by atoms with E-state index in [-0.39, 0.29) is 12.2 Å². The molecule has 100 valence electrons. The minimum atomic E-state index is -1.05. The molecule has 1 aromatic rings. The summed E-state index contributed by atoms with van der Waals surface area (Å²) in [6, 6.07) is 0. The summed E-state index contributed by atoms with van der Waals surface area (Å²) in [6.07, 6.45) is 1.28. The normalized spacial score (nSPS) is 11.3. The molecule has 0 spiro atoms. The van der Waals surface area contributed by atoms with Crippen LogP contribution in [-0.4, -0.2) is 51.2 Å². The number of hydrogen-bond acceptors (Lipinski definition) is 5. The van der Waals surface area contributed by atoms with Gasteiger partial charge in [-0.1, -0.05) is 5.21 Å². The predicted molar refractivity (Wildman–Crippen MR) is 61.1 cm³/mol. The zero-order chi connectivity index (χ0) is 13.8. The monoisotopic (exact) mass is 256 g/mol. The van der Waals surface area contributed by atoms with E-state index in [4.69, 9.17) is 9.84 Å². The summed E-state index contributed by atoms with van der Waals surface area (Å²) >= 11 is 0. The Labute approximate surface area is 104 Å². The van der Waals surface area contributed by atoms with Crippen molar-refractivity contribution in [3.8, 4) is 0 Å². The molecule has 0 radical (unpaired) electrons. The van der Waals surface area contributed by atoms with Gasteiger partial charge in [0.05, 0.1) is 18.3 Å².